The van der Waals surface area contributed by atoms with Crippen molar-refractivity contribution < 1.29 is 27.8 Å². The molecule has 2 atom stereocenters. The molecule has 0 bridgehead atoms. The molecule has 190 valence electrons. The Kier molecular flexibility index (Phi) is 10.2. The Labute approximate surface area is 211 Å². The lowest BCUT2D eigenvalue weighted by molar-refractivity contribution is -0.0565. The molecule has 3 aromatic rings. The molecule has 6 heteroatoms. The highest BCUT2D eigenvalue weighted by atomic mass is 19.3. The van der Waals surface area contributed by atoms with Gasteiger partial charge in [0.05, 0.1) is 11.1 Å². The molecule has 0 aliphatic rings. The molecule has 0 radical (unpaired) electrons. The maximum atomic E-state index is 14.0. The van der Waals surface area contributed by atoms with Gasteiger partial charge in [-0.25, -0.2) is 18.4 Å². The van der Waals surface area contributed by atoms with Crippen molar-refractivity contribution in [3.8, 4) is 0 Å². The zero-order valence-electron chi connectivity index (χ0n) is 20.7. The lowest BCUT2D eigenvalue weighted by Crippen LogP contribution is -2.29. The summed E-state index contributed by atoms with van der Waals surface area (Å²) in [4.78, 5) is 25.5. The Morgan fingerprint density at radius 2 is 1.17 bits per heavy atom. The predicted octanol–water partition coefficient (Wildman–Crippen LogP) is 7.37. The molecule has 0 amide bonds. The number of rotatable bonds is 12. The minimum absolute atomic E-state index is 0.195. The molecule has 0 N–H and O–H groups in total. The van der Waals surface area contributed by atoms with Crippen LogP contribution in [0.25, 0.3) is 0 Å². The third-order valence-corrected chi connectivity index (χ3v) is 5.86. The topological polar surface area (TPSA) is 52.6 Å². The summed E-state index contributed by atoms with van der Waals surface area (Å²) < 4.78 is 38.8. The quantitative estimate of drug-likeness (QED) is 0.247. The van der Waals surface area contributed by atoms with E-state index < -0.39 is 30.6 Å². The number of benzene rings is 3. The summed E-state index contributed by atoms with van der Waals surface area (Å²) >= 11 is 0. The Morgan fingerprint density at radius 1 is 0.694 bits per heavy atom. The van der Waals surface area contributed by atoms with Crippen LogP contribution in [0.1, 0.15) is 76.6 Å². The van der Waals surface area contributed by atoms with Gasteiger partial charge in [-0.2, -0.15) is 0 Å². The second kappa shape index (κ2) is 13.5. The Hall–Kier alpha value is -3.54. The van der Waals surface area contributed by atoms with Gasteiger partial charge in [-0.15, -0.1) is 0 Å². The molecular weight excluding hydrogens is 462 g/mol. The summed E-state index contributed by atoms with van der Waals surface area (Å²) in [6.07, 6.45) is -2.40. The summed E-state index contributed by atoms with van der Waals surface area (Å²) in [5, 5.41) is 0. The molecular formula is C30H32F2O4. The fourth-order valence-electron chi connectivity index (χ4n) is 3.93. The number of halogens is 2. The number of carbonyl (C=O) groups excluding carboxylic acids is 2. The van der Waals surface area contributed by atoms with Crippen LogP contribution in [0, 0.1) is 0 Å². The number of hydrogen-bond donors (Lipinski definition) is 0. The largest absolute Gasteiger partial charge is 0.454 e. The van der Waals surface area contributed by atoms with Gasteiger partial charge in [0, 0.05) is 6.42 Å². The van der Waals surface area contributed by atoms with Crippen molar-refractivity contribution in [2.24, 2.45) is 0 Å². The van der Waals surface area contributed by atoms with Crippen molar-refractivity contribution in [3.63, 3.8) is 0 Å². The van der Waals surface area contributed by atoms with E-state index in [1.807, 2.05) is 19.1 Å². The maximum Gasteiger partial charge on any atom is 0.338 e. The van der Waals surface area contributed by atoms with Crippen molar-refractivity contribution in [1.82, 2.24) is 0 Å². The third kappa shape index (κ3) is 7.74. The summed E-state index contributed by atoms with van der Waals surface area (Å²) in [6.45, 7) is 4.12. The first-order valence-corrected chi connectivity index (χ1v) is 12.3. The molecule has 4 nitrogen and oxygen atoms in total. The van der Waals surface area contributed by atoms with Crippen LogP contribution in [0.3, 0.4) is 0 Å². The molecule has 0 saturated carbocycles. The summed E-state index contributed by atoms with van der Waals surface area (Å²) in [6, 6.07) is 22.4. The highest BCUT2D eigenvalue weighted by Crippen LogP contribution is 2.28. The molecule has 0 saturated heterocycles. The van der Waals surface area contributed by atoms with Crippen LogP contribution < -0.4 is 0 Å². The van der Waals surface area contributed by atoms with Crippen LogP contribution in [0.5, 0.6) is 0 Å². The van der Waals surface area contributed by atoms with Gasteiger partial charge in [0.2, 0.25) is 0 Å². The van der Waals surface area contributed by atoms with Crippen molar-refractivity contribution in [2.45, 2.75) is 64.6 Å². The summed E-state index contributed by atoms with van der Waals surface area (Å²) in [5.74, 6) is -1.47. The van der Waals surface area contributed by atoms with Crippen LogP contribution >= 0.6 is 0 Å². The zero-order valence-corrected chi connectivity index (χ0v) is 20.7. The van der Waals surface area contributed by atoms with Crippen LogP contribution in [0.2, 0.25) is 0 Å². The lowest BCUT2D eigenvalue weighted by atomic mass is 10.0. The molecule has 0 aromatic heterocycles. The van der Waals surface area contributed by atoms with Gasteiger partial charge in [0.25, 0.3) is 6.43 Å². The SMILES string of the molecule is CCCc1ccc(C(=O)OC(CC(OC(=O)c2ccc(CCC)cc2)C(F)F)c2ccccc2)cc1. The third-order valence-electron chi connectivity index (χ3n) is 5.86. The second-order valence-corrected chi connectivity index (χ2v) is 8.71. The Bertz CT molecular complexity index is 1100. The minimum Gasteiger partial charge on any atom is -0.454 e. The van der Waals surface area contributed by atoms with E-state index in [9.17, 15) is 18.4 Å². The van der Waals surface area contributed by atoms with E-state index in [0.29, 0.717) is 11.1 Å². The standard InChI is InChI=1S/C30H32F2O4/c1-3-8-21-12-16-24(17-13-21)29(33)35-26(23-10-6-5-7-11-23)20-27(28(31)32)36-30(34)25-18-14-22(9-4-2)15-19-25/h5-7,10-19,26-28H,3-4,8-9,20H2,1-2H3. The summed E-state index contributed by atoms with van der Waals surface area (Å²) in [7, 11) is 0. The maximum absolute atomic E-state index is 14.0. The molecule has 36 heavy (non-hydrogen) atoms. The first-order chi connectivity index (χ1) is 17.4. The fourth-order valence-corrected chi connectivity index (χ4v) is 3.93. The Morgan fingerprint density at radius 3 is 1.61 bits per heavy atom. The number of alkyl halides is 2. The van der Waals surface area contributed by atoms with Gasteiger partial charge in [-0.1, -0.05) is 81.3 Å². The zero-order chi connectivity index (χ0) is 25.9. The monoisotopic (exact) mass is 494 g/mol. The smallest absolute Gasteiger partial charge is 0.338 e. The van der Waals surface area contributed by atoms with Crippen LogP contribution in [-0.2, 0) is 22.3 Å². The van der Waals surface area contributed by atoms with Crippen molar-refractivity contribution in [3.05, 3.63) is 107 Å². The molecule has 2 unspecified atom stereocenters. The van der Waals surface area contributed by atoms with Gasteiger partial charge in [0.15, 0.2) is 6.10 Å². The van der Waals surface area contributed by atoms with Crippen molar-refractivity contribution >= 4 is 11.9 Å². The van der Waals surface area contributed by atoms with E-state index >= 15 is 0 Å². The van der Waals surface area contributed by atoms with Gasteiger partial charge in [0.1, 0.15) is 6.10 Å². The predicted molar refractivity (Wildman–Crippen MR) is 135 cm³/mol. The summed E-state index contributed by atoms with van der Waals surface area (Å²) in [5.41, 5.74) is 3.22. The molecule has 0 aliphatic carbocycles. The van der Waals surface area contributed by atoms with E-state index in [-0.39, 0.29) is 12.0 Å². The first kappa shape index (κ1) is 27.1. The van der Waals surface area contributed by atoms with Crippen LogP contribution in [0.15, 0.2) is 78.9 Å². The highest BCUT2D eigenvalue weighted by molar-refractivity contribution is 5.90. The number of aryl methyl sites for hydroxylation is 2. The molecule has 0 heterocycles. The number of esters is 2. The Balaban J connectivity index is 1.75. The molecule has 3 aromatic carbocycles. The van der Waals surface area contributed by atoms with E-state index in [4.69, 9.17) is 9.47 Å². The van der Waals surface area contributed by atoms with Gasteiger partial charge < -0.3 is 9.47 Å². The average Bonchev–Trinajstić information content (AvgIpc) is 2.89. The highest BCUT2D eigenvalue weighted by Gasteiger charge is 2.31. The molecule has 3 rings (SSSR count). The van der Waals surface area contributed by atoms with Crippen LogP contribution in [-0.4, -0.2) is 24.5 Å². The van der Waals surface area contributed by atoms with E-state index in [1.165, 1.54) is 0 Å². The van der Waals surface area contributed by atoms with E-state index in [0.717, 1.165) is 36.8 Å². The molecule has 0 spiro atoms. The second-order valence-electron chi connectivity index (χ2n) is 8.71. The number of carbonyl (C=O) groups is 2. The normalized spacial score (nSPS) is 12.7. The number of ether oxygens (including phenoxy) is 2. The molecule has 0 aliphatic heterocycles. The first-order valence-electron chi connectivity index (χ1n) is 12.3. The number of hydrogen-bond acceptors (Lipinski definition) is 4. The van der Waals surface area contributed by atoms with Crippen LogP contribution in [0.4, 0.5) is 8.78 Å². The fraction of sp³-hybridized carbons (Fsp3) is 0.333. The van der Waals surface area contributed by atoms with Crippen molar-refractivity contribution in [2.75, 3.05) is 0 Å². The van der Waals surface area contributed by atoms with Crippen molar-refractivity contribution in [1.29, 1.82) is 0 Å². The minimum atomic E-state index is -2.95. The average molecular weight is 495 g/mol. The van der Waals surface area contributed by atoms with Gasteiger partial charge >= 0.3 is 11.9 Å². The van der Waals surface area contributed by atoms with E-state index in [1.54, 1.807) is 66.7 Å². The van der Waals surface area contributed by atoms with Gasteiger partial charge in [-0.05, 0) is 53.8 Å². The van der Waals surface area contributed by atoms with E-state index in [2.05, 4.69) is 6.92 Å². The lowest BCUT2D eigenvalue weighted by Gasteiger charge is -2.24. The van der Waals surface area contributed by atoms with Gasteiger partial charge in [-0.3, -0.25) is 0 Å². The molecule has 0 fully saturated rings.